The molecule has 0 spiro atoms. The van der Waals surface area contributed by atoms with Crippen LogP contribution in [0.25, 0.3) is 0 Å². The van der Waals surface area contributed by atoms with Gasteiger partial charge in [-0.15, -0.1) is 0 Å². The highest BCUT2D eigenvalue weighted by atomic mass is 19.3. The number of aromatic nitrogens is 2. The van der Waals surface area contributed by atoms with E-state index >= 15 is 0 Å². The summed E-state index contributed by atoms with van der Waals surface area (Å²) in [6, 6.07) is 0. The molecule has 112 valence electrons. The minimum Gasteiger partial charge on any atom is -0.394 e. The molecule has 0 amide bonds. The summed E-state index contributed by atoms with van der Waals surface area (Å²) < 4.78 is 45.2. The molecule has 0 bridgehead atoms. The fraction of sp³-hybridized carbons (Fsp3) is 0.600. The Kier molecular flexibility index (Phi) is 3.71. The lowest BCUT2D eigenvalue weighted by molar-refractivity contribution is -0.141. The number of hydrogen-bond donors (Lipinski definition) is 3. The first-order valence-electron chi connectivity index (χ1n) is 5.55. The highest BCUT2D eigenvalue weighted by Gasteiger charge is 2.59. The number of halogens is 3. The van der Waals surface area contributed by atoms with Gasteiger partial charge in [0, 0.05) is 6.20 Å². The van der Waals surface area contributed by atoms with Gasteiger partial charge in [0.15, 0.2) is 6.10 Å². The number of aliphatic hydroxyl groups is 2. The maximum Gasteiger partial charge on any atom is 0.330 e. The molecule has 1 saturated heterocycles. The number of nitrogens with one attached hydrogen (secondary N) is 1. The van der Waals surface area contributed by atoms with E-state index in [-0.39, 0.29) is 4.57 Å². The van der Waals surface area contributed by atoms with E-state index in [0.717, 1.165) is 0 Å². The van der Waals surface area contributed by atoms with Crippen molar-refractivity contribution in [2.75, 3.05) is 6.61 Å². The molecular weight excluding hydrogens is 285 g/mol. The van der Waals surface area contributed by atoms with Gasteiger partial charge in [0.05, 0.1) is 12.2 Å². The zero-order chi connectivity index (χ0) is 15.1. The number of H-pyrrole nitrogens is 1. The number of ether oxygens (including phenoxy) is 1. The first-order chi connectivity index (χ1) is 9.32. The summed E-state index contributed by atoms with van der Waals surface area (Å²) in [5, 5.41) is 18.1. The molecule has 0 aliphatic carbocycles. The summed E-state index contributed by atoms with van der Waals surface area (Å²) in [5.74, 6) is -3.89. The summed E-state index contributed by atoms with van der Waals surface area (Å²) in [6.07, 6.45) is -5.57. The van der Waals surface area contributed by atoms with Crippen LogP contribution in [0.5, 0.6) is 0 Å². The van der Waals surface area contributed by atoms with Gasteiger partial charge >= 0.3 is 11.6 Å². The molecule has 10 heteroatoms. The molecule has 3 N–H and O–H groups in total. The predicted octanol–water partition coefficient (Wildman–Crippen LogP) is -1.11. The minimum atomic E-state index is -3.89. The van der Waals surface area contributed by atoms with Crippen molar-refractivity contribution in [3.63, 3.8) is 0 Å². The number of hydrogen-bond acceptors (Lipinski definition) is 5. The minimum absolute atomic E-state index is 0.287. The predicted molar refractivity (Wildman–Crippen MR) is 58.1 cm³/mol. The Hall–Kier alpha value is -1.65. The number of aliphatic hydroxyl groups excluding tert-OH is 2. The molecule has 0 saturated carbocycles. The van der Waals surface area contributed by atoms with Crippen molar-refractivity contribution in [2.45, 2.75) is 31.0 Å². The molecule has 0 aromatic carbocycles. The van der Waals surface area contributed by atoms with Crippen LogP contribution >= 0.6 is 0 Å². The van der Waals surface area contributed by atoms with Gasteiger partial charge in [0.2, 0.25) is 6.23 Å². The van der Waals surface area contributed by atoms with Crippen molar-refractivity contribution in [3.8, 4) is 0 Å². The SMILES string of the molecule is O=c1[nH]c(=O)n([C@@H]2O[C@H](CO)[C@@H](O)C2(F)F)cc1CF. The summed E-state index contributed by atoms with van der Waals surface area (Å²) in [6.45, 7) is -2.15. The monoisotopic (exact) mass is 296 g/mol. The number of nitrogens with zero attached hydrogens (tertiary/aromatic N) is 1. The lowest BCUT2D eigenvalue weighted by Crippen LogP contribution is -2.43. The molecule has 1 aromatic heterocycles. The van der Waals surface area contributed by atoms with Crippen LogP contribution in [0.1, 0.15) is 11.8 Å². The van der Waals surface area contributed by atoms with E-state index in [1.165, 1.54) is 0 Å². The standard InChI is InChI=1S/C10H11F3N2O5/c11-1-4-2-15(9(19)14-7(4)18)8-10(12,13)6(17)5(3-16)20-8/h2,5-6,8,16-17H,1,3H2,(H,14,18,19)/t5-,6-,8-/m1/s1. The van der Waals surface area contributed by atoms with Gasteiger partial charge in [-0.1, -0.05) is 0 Å². The fourth-order valence-corrected chi connectivity index (χ4v) is 1.91. The first kappa shape index (κ1) is 14.8. The normalized spacial score (nSPS) is 28.8. The summed E-state index contributed by atoms with van der Waals surface area (Å²) in [4.78, 5) is 24.3. The van der Waals surface area contributed by atoms with Crippen LogP contribution in [0.15, 0.2) is 15.8 Å². The molecule has 2 heterocycles. The average Bonchev–Trinajstić information content (AvgIpc) is 2.62. The first-order valence-corrected chi connectivity index (χ1v) is 5.55. The lowest BCUT2D eigenvalue weighted by atomic mass is 10.1. The number of aromatic amines is 1. The van der Waals surface area contributed by atoms with Crippen LogP contribution in [0.3, 0.4) is 0 Å². The van der Waals surface area contributed by atoms with Crippen LogP contribution in [0.2, 0.25) is 0 Å². The molecule has 1 aliphatic rings. The van der Waals surface area contributed by atoms with Gasteiger partial charge in [-0.2, -0.15) is 8.78 Å². The smallest absolute Gasteiger partial charge is 0.330 e. The Morgan fingerprint density at radius 2 is 2.10 bits per heavy atom. The van der Waals surface area contributed by atoms with Crippen LogP contribution in [0, 0.1) is 0 Å². The van der Waals surface area contributed by atoms with Gasteiger partial charge < -0.3 is 14.9 Å². The number of alkyl halides is 3. The maximum atomic E-state index is 13.8. The van der Waals surface area contributed by atoms with Crippen LogP contribution < -0.4 is 11.2 Å². The van der Waals surface area contributed by atoms with Gasteiger partial charge in [0.25, 0.3) is 5.56 Å². The van der Waals surface area contributed by atoms with E-state index in [1.807, 2.05) is 0 Å². The molecule has 1 aromatic rings. The summed E-state index contributed by atoms with van der Waals surface area (Å²) in [5.41, 5.74) is -2.80. The van der Waals surface area contributed by atoms with E-state index in [4.69, 9.17) is 9.84 Å². The van der Waals surface area contributed by atoms with E-state index in [2.05, 4.69) is 0 Å². The van der Waals surface area contributed by atoms with Crippen LogP contribution in [0.4, 0.5) is 13.2 Å². The van der Waals surface area contributed by atoms with Gasteiger partial charge in [0.1, 0.15) is 12.8 Å². The third kappa shape index (κ3) is 2.15. The number of rotatable bonds is 3. The Morgan fingerprint density at radius 3 is 2.60 bits per heavy atom. The van der Waals surface area contributed by atoms with Crippen molar-refractivity contribution in [1.29, 1.82) is 0 Å². The van der Waals surface area contributed by atoms with E-state index in [1.54, 1.807) is 4.98 Å². The second-order valence-corrected chi connectivity index (χ2v) is 4.28. The largest absolute Gasteiger partial charge is 0.394 e. The summed E-state index contributed by atoms with van der Waals surface area (Å²) >= 11 is 0. The highest BCUT2D eigenvalue weighted by molar-refractivity contribution is 5.05. The molecule has 1 aliphatic heterocycles. The molecule has 1 fully saturated rings. The Labute approximate surface area is 109 Å². The average molecular weight is 296 g/mol. The third-order valence-electron chi connectivity index (χ3n) is 3.00. The van der Waals surface area contributed by atoms with Crippen LogP contribution in [-0.4, -0.2) is 44.5 Å². The van der Waals surface area contributed by atoms with E-state index < -0.39 is 54.5 Å². The van der Waals surface area contributed by atoms with Crippen molar-refractivity contribution in [3.05, 3.63) is 32.6 Å². The third-order valence-corrected chi connectivity index (χ3v) is 3.00. The molecule has 0 radical (unpaired) electrons. The fourth-order valence-electron chi connectivity index (χ4n) is 1.91. The molecule has 2 rings (SSSR count). The van der Waals surface area contributed by atoms with E-state index in [9.17, 15) is 27.9 Å². The highest BCUT2D eigenvalue weighted by Crippen LogP contribution is 2.41. The van der Waals surface area contributed by atoms with Crippen molar-refractivity contribution in [2.24, 2.45) is 0 Å². The van der Waals surface area contributed by atoms with Crippen molar-refractivity contribution < 1.29 is 28.1 Å². The molecule has 7 nitrogen and oxygen atoms in total. The van der Waals surface area contributed by atoms with Crippen molar-refractivity contribution in [1.82, 2.24) is 9.55 Å². The summed E-state index contributed by atoms with van der Waals surface area (Å²) in [7, 11) is 0. The van der Waals surface area contributed by atoms with Gasteiger partial charge in [-0.3, -0.25) is 14.3 Å². The molecule has 20 heavy (non-hydrogen) atoms. The zero-order valence-corrected chi connectivity index (χ0v) is 9.92. The Balaban J connectivity index is 2.52. The second kappa shape index (κ2) is 5.04. The topological polar surface area (TPSA) is 105 Å². The molecule has 3 atom stereocenters. The van der Waals surface area contributed by atoms with Crippen LogP contribution in [-0.2, 0) is 11.4 Å². The van der Waals surface area contributed by atoms with Gasteiger partial charge in [-0.05, 0) is 0 Å². The van der Waals surface area contributed by atoms with Gasteiger partial charge in [-0.25, -0.2) is 9.18 Å². The quantitative estimate of drug-likeness (QED) is 0.656. The molecule has 0 unspecified atom stereocenters. The lowest BCUT2D eigenvalue weighted by Gasteiger charge is -2.21. The zero-order valence-electron chi connectivity index (χ0n) is 9.92. The molecular formula is C10H11F3N2O5. The van der Waals surface area contributed by atoms with Crippen molar-refractivity contribution >= 4 is 0 Å². The Morgan fingerprint density at radius 1 is 1.45 bits per heavy atom. The Bertz CT molecular complexity index is 614. The second-order valence-electron chi connectivity index (χ2n) is 4.28. The maximum absolute atomic E-state index is 13.8. The van der Waals surface area contributed by atoms with E-state index in [0.29, 0.717) is 6.20 Å².